The van der Waals surface area contributed by atoms with Crippen molar-refractivity contribution in [1.82, 2.24) is 19.8 Å². The first kappa shape index (κ1) is 24.5. The summed E-state index contributed by atoms with van der Waals surface area (Å²) in [6, 6.07) is 10.7. The molecule has 0 unspecified atom stereocenters. The number of nitrogen functional groups attached to an aromatic ring is 1. The second kappa shape index (κ2) is 10.6. The minimum Gasteiger partial charge on any atom is -0.486 e. The number of amides is 1. The Balaban J connectivity index is 1.57. The number of hydrogen-bond acceptors (Lipinski definition) is 7. The highest BCUT2D eigenvalue weighted by Gasteiger charge is 2.33. The van der Waals surface area contributed by atoms with Gasteiger partial charge in [-0.2, -0.15) is 13.2 Å². The topological polar surface area (TPSA) is 99.4 Å². The molecule has 1 aromatic carbocycles. The summed E-state index contributed by atoms with van der Waals surface area (Å²) in [7, 11) is 0. The van der Waals surface area contributed by atoms with Gasteiger partial charge in [-0.3, -0.25) is 4.79 Å². The van der Waals surface area contributed by atoms with E-state index in [1.807, 2.05) is 24.3 Å². The Morgan fingerprint density at radius 1 is 1.24 bits per heavy atom. The molecular formula is C21H24F3N5O3S. The van der Waals surface area contributed by atoms with Crippen LogP contribution in [0.25, 0.3) is 0 Å². The van der Waals surface area contributed by atoms with Gasteiger partial charge in [0.05, 0.1) is 18.6 Å². The van der Waals surface area contributed by atoms with Crippen molar-refractivity contribution < 1.29 is 27.1 Å². The molecule has 0 atom stereocenters. The Morgan fingerprint density at radius 2 is 1.97 bits per heavy atom. The fourth-order valence-corrected chi connectivity index (χ4v) is 3.64. The lowest BCUT2D eigenvalue weighted by molar-refractivity contribution is -0.161. The number of nitrogens with two attached hydrogens (primary N) is 1. The van der Waals surface area contributed by atoms with Gasteiger partial charge in [0.15, 0.2) is 5.82 Å². The number of benzene rings is 1. The average Bonchev–Trinajstić information content (AvgIpc) is 3.39. The van der Waals surface area contributed by atoms with Crippen molar-refractivity contribution in [2.75, 3.05) is 18.1 Å². The minimum absolute atomic E-state index is 0.0394. The molecule has 3 rings (SSSR count). The highest BCUT2D eigenvalue weighted by Crippen LogP contribution is 2.22. The molecule has 2 aromatic heterocycles. The highest BCUT2D eigenvalue weighted by molar-refractivity contribution is 7.99. The Kier molecular flexibility index (Phi) is 7.90. The van der Waals surface area contributed by atoms with E-state index in [0.717, 1.165) is 16.4 Å². The second-order valence-electron chi connectivity index (χ2n) is 7.51. The predicted molar refractivity (Wildman–Crippen MR) is 116 cm³/mol. The normalized spacial score (nSPS) is 11.7. The average molecular weight is 484 g/mol. The van der Waals surface area contributed by atoms with Crippen molar-refractivity contribution in [1.29, 1.82) is 0 Å². The lowest BCUT2D eigenvalue weighted by Crippen LogP contribution is -2.39. The SMILES string of the molecule is CC(C)c1ccc(OCc2nnc(SCC(=O)N(Cc3ccco3)CC(F)(F)F)n2N)cc1. The number of ether oxygens (including phenoxy) is 1. The van der Waals surface area contributed by atoms with Gasteiger partial charge in [0.25, 0.3) is 0 Å². The Morgan fingerprint density at radius 3 is 2.58 bits per heavy atom. The van der Waals surface area contributed by atoms with Crippen molar-refractivity contribution in [3.05, 3.63) is 59.8 Å². The van der Waals surface area contributed by atoms with E-state index in [4.69, 9.17) is 15.0 Å². The van der Waals surface area contributed by atoms with E-state index >= 15 is 0 Å². The Labute approximate surface area is 192 Å². The van der Waals surface area contributed by atoms with Crippen molar-refractivity contribution in [2.45, 2.75) is 44.2 Å². The molecule has 8 nitrogen and oxygen atoms in total. The zero-order chi connectivity index (χ0) is 24.0. The third-order valence-electron chi connectivity index (χ3n) is 4.62. The lowest BCUT2D eigenvalue weighted by atomic mass is 10.0. The summed E-state index contributed by atoms with van der Waals surface area (Å²) in [5, 5.41) is 8.03. The maximum absolute atomic E-state index is 12.9. The van der Waals surface area contributed by atoms with Gasteiger partial charge in [0.1, 0.15) is 24.7 Å². The van der Waals surface area contributed by atoms with E-state index < -0.39 is 18.6 Å². The molecule has 12 heteroatoms. The molecule has 178 valence electrons. The van der Waals surface area contributed by atoms with E-state index in [1.165, 1.54) is 17.9 Å². The van der Waals surface area contributed by atoms with E-state index in [2.05, 4.69) is 24.0 Å². The first-order chi connectivity index (χ1) is 15.6. The van der Waals surface area contributed by atoms with E-state index in [0.29, 0.717) is 22.4 Å². The summed E-state index contributed by atoms with van der Waals surface area (Å²) in [5.41, 5.74) is 1.18. The van der Waals surface area contributed by atoms with Crippen LogP contribution >= 0.6 is 11.8 Å². The van der Waals surface area contributed by atoms with Gasteiger partial charge in [0, 0.05) is 0 Å². The van der Waals surface area contributed by atoms with Gasteiger partial charge in [-0.25, -0.2) is 4.68 Å². The lowest BCUT2D eigenvalue weighted by Gasteiger charge is -2.22. The van der Waals surface area contributed by atoms with Crippen LogP contribution in [0, 0.1) is 0 Å². The quantitative estimate of drug-likeness (QED) is 0.344. The first-order valence-corrected chi connectivity index (χ1v) is 11.0. The van der Waals surface area contributed by atoms with Crippen LogP contribution in [0.4, 0.5) is 13.2 Å². The van der Waals surface area contributed by atoms with Crippen molar-refractivity contribution in [3.63, 3.8) is 0 Å². The van der Waals surface area contributed by atoms with Gasteiger partial charge in [-0.1, -0.05) is 37.7 Å². The number of hydrogen-bond donors (Lipinski definition) is 1. The van der Waals surface area contributed by atoms with E-state index in [-0.39, 0.29) is 29.8 Å². The van der Waals surface area contributed by atoms with Gasteiger partial charge in [-0.05, 0) is 35.7 Å². The molecule has 3 aromatic rings. The molecule has 33 heavy (non-hydrogen) atoms. The molecule has 0 saturated heterocycles. The van der Waals surface area contributed by atoms with Crippen LogP contribution in [0.3, 0.4) is 0 Å². The first-order valence-electron chi connectivity index (χ1n) is 10.0. The van der Waals surface area contributed by atoms with Crippen LogP contribution in [0.5, 0.6) is 5.75 Å². The summed E-state index contributed by atoms with van der Waals surface area (Å²) in [4.78, 5) is 13.1. The zero-order valence-electron chi connectivity index (χ0n) is 18.1. The number of rotatable bonds is 10. The zero-order valence-corrected chi connectivity index (χ0v) is 18.9. The maximum Gasteiger partial charge on any atom is 0.406 e. The fourth-order valence-electron chi connectivity index (χ4n) is 2.86. The summed E-state index contributed by atoms with van der Waals surface area (Å²) in [5.74, 6) is 6.53. The molecule has 2 N–H and O–H groups in total. The number of aromatic nitrogens is 3. The molecule has 1 amide bonds. The molecule has 0 fully saturated rings. The van der Waals surface area contributed by atoms with Crippen molar-refractivity contribution >= 4 is 17.7 Å². The third kappa shape index (κ3) is 7.17. The van der Waals surface area contributed by atoms with Crippen LogP contribution in [0.1, 0.15) is 36.9 Å². The van der Waals surface area contributed by atoms with Crippen LogP contribution in [-0.4, -0.2) is 44.2 Å². The Hall–Kier alpha value is -3.15. The molecule has 0 aliphatic rings. The molecule has 0 aliphatic carbocycles. The largest absolute Gasteiger partial charge is 0.486 e. The Bertz CT molecular complexity index is 1040. The summed E-state index contributed by atoms with van der Waals surface area (Å²) in [6.07, 6.45) is -3.21. The number of carbonyl (C=O) groups is 1. The fraction of sp³-hybridized carbons (Fsp3) is 0.381. The number of halogens is 3. The van der Waals surface area contributed by atoms with Gasteiger partial charge in [0.2, 0.25) is 11.1 Å². The summed E-state index contributed by atoms with van der Waals surface area (Å²) in [6.45, 7) is 2.54. The van der Waals surface area contributed by atoms with Crippen molar-refractivity contribution in [2.24, 2.45) is 0 Å². The van der Waals surface area contributed by atoms with Crippen molar-refractivity contribution in [3.8, 4) is 5.75 Å². The van der Waals surface area contributed by atoms with Crippen LogP contribution in [0.2, 0.25) is 0 Å². The standard InChI is InChI=1S/C21H24F3N5O3S/c1-14(2)15-5-7-16(8-6-15)32-11-18-26-27-20(29(18)25)33-12-19(30)28(13-21(22,23)24)10-17-4-3-9-31-17/h3-9,14H,10-13,25H2,1-2H3. The number of thioether (sulfide) groups is 1. The predicted octanol–water partition coefficient (Wildman–Crippen LogP) is 3.97. The smallest absolute Gasteiger partial charge is 0.406 e. The summed E-state index contributed by atoms with van der Waals surface area (Å²) >= 11 is 0.889. The summed E-state index contributed by atoms with van der Waals surface area (Å²) < 4.78 is 50.7. The van der Waals surface area contributed by atoms with Gasteiger partial charge >= 0.3 is 6.18 Å². The van der Waals surface area contributed by atoms with Gasteiger partial charge in [-0.15, -0.1) is 10.2 Å². The number of alkyl halides is 3. The molecule has 0 saturated carbocycles. The minimum atomic E-state index is -4.54. The maximum atomic E-state index is 12.9. The number of nitrogens with zero attached hydrogens (tertiary/aromatic N) is 4. The molecular weight excluding hydrogens is 459 g/mol. The van der Waals surface area contributed by atoms with Crippen LogP contribution in [-0.2, 0) is 17.9 Å². The van der Waals surface area contributed by atoms with E-state index in [9.17, 15) is 18.0 Å². The molecule has 2 heterocycles. The molecule has 0 aliphatic heterocycles. The molecule has 0 spiro atoms. The van der Waals surface area contributed by atoms with E-state index in [1.54, 1.807) is 6.07 Å². The number of carbonyl (C=O) groups excluding carboxylic acids is 1. The van der Waals surface area contributed by atoms with Gasteiger partial charge < -0.3 is 19.9 Å². The second-order valence-corrected chi connectivity index (χ2v) is 8.46. The third-order valence-corrected chi connectivity index (χ3v) is 5.55. The highest BCUT2D eigenvalue weighted by atomic mass is 32.2. The monoisotopic (exact) mass is 483 g/mol. The molecule has 0 radical (unpaired) electrons. The van der Waals surface area contributed by atoms with Crippen LogP contribution in [0.15, 0.2) is 52.2 Å². The molecule has 0 bridgehead atoms. The number of furan rings is 1. The van der Waals surface area contributed by atoms with Crippen LogP contribution < -0.4 is 10.6 Å².